The van der Waals surface area contributed by atoms with Gasteiger partial charge in [0.2, 0.25) is 0 Å². The highest BCUT2D eigenvalue weighted by molar-refractivity contribution is 7.85. The van der Waals surface area contributed by atoms with Crippen molar-refractivity contribution >= 4 is 16.6 Å². The van der Waals surface area contributed by atoms with Gasteiger partial charge in [-0.3, -0.25) is 9.00 Å². The maximum absolute atomic E-state index is 12.3. The topological polar surface area (TPSA) is 34.1 Å². The molecule has 1 atom stereocenters. The van der Waals surface area contributed by atoms with Crippen LogP contribution in [0.1, 0.15) is 41.3 Å². The fraction of sp³-hybridized carbons (Fsp3) is 0.278. The second-order valence-corrected chi connectivity index (χ2v) is 6.87. The summed E-state index contributed by atoms with van der Waals surface area (Å²) in [5.41, 5.74) is 2.78. The van der Waals surface area contributed by atoms with Gasteiger partial charge >= 0.3 is 0 Å². The van der Waals surface area contributed by atoms with Gasteiger partial charge in [-0.1, -0.05) is 56.3 Å². The molecule has 0 saturated carbocycles. The van der Waals surface area contributed by atoms with Crippen LogP contribution in [-0.4, -0.2) is 15.7 Å². The van der Waals surface area contributed by atoms with Crippen molar-refractivity contribution in [3.05, 3.63) is 65.2 Å². The van der Waals surface area contributed by atoms with Crippen LogP contribution in [0, 0.1) is 6.92 Å². The quantitative estimate of drug-likeness (QED) is 0.779. The molecule has 2 aromatic carbocycles. The molecule has 21 heavy (non-hydrogen) atoms. The van der Waals surface area contributed by atoms with Gasteiger partial charge in [-0.15, -0.1) is 0 Å². The van der Waals surface area contributed by atoms with Gasteiger partial charge in [-0.25, -0.2) is 0 Å². The van der Waals surface area contributed by atoms with Crippen LogP contribution in [0.3, 0.4) is 0 Å². The van der Waals surface area contributed by atoms with E-state index in [2.05, 4.69) is 13.8 Å². The monoisotopic (exact) mass is 300 g/mol. The Labute approximate surface area is 128 Å². The number of carbonyl (C=O) groups is 1. The third-order valence-corrected chi connectivity index (χ3v) is 4.97. The molecule has 0 aliphatic carbocycles. The Morgan fingerprint density at radius 3 is 2.24 bits per heavy atom. The molecule has 0 amide bonds. The van der Waals surface area contributed by atoms with Crippen LogP contribution in [0.2, 0.25) is 0 Å². The second-order valence-electron chi connectivity index (χ2n) is 5.46. The lowest BCUT2D eigenvalue weighted by atomic mass is 10.0. The van der Waals surface area contributed by atoms with E-state index in [0.717, 1.165) is 10.5 Å². The number of benzene rings is 2. The van der Waals surface area contributed by atoms with Crippen molar-refractivity contribution in [2.75, 3.05) is 5.75 Å². The molecule has 0 N–H and O–H groups in total. The molecule has 0 bridgehead atoms. The molecule has 2 rings (SSSR count). The summed E-state index contributed by atoms with van der Waals surface area (Å²) < 4.78 is 12.3. The molecule has 0 saturated heterocycles. The molecule has 0 aliphatic rings. The van der Waals surface area contributed by atoms with E-state index in [9.17, 15) is 9.00 Å². The third kappa shape index (κ3) is 3.88. The number of rotatable bonds is 5. The highest BCUT2D eigenvalue weighted by atomic mass is 32.2. The minimum absolute atomic E-state index is 0.0336. The van der Waals surface area contributed by atoms with Crippen LogP contribution in [0.5, 0.6) is 0 Å². The lowest BCUT2D eigenvalue weighted by Gasteiger charge is -2.07. The average molecular weight is 300 g/mol. The van der Waals surface area contributed by atoms with Crippen molar-refractivity contribution < 1.29 is 9.00 Å². The molecule has 2 nitrogen and oxygen atoms in total. The van der Waals surface area contributed by atoms with Gasteiger partial charge < -0.3 is 0 Å². The Bertz CT molecular complexity index is 657. The van der Waals surface area contributed by atoms with Crippen molar-refractivity contribution in [2.24, 2.45) is 0 Å². The van der Waals surface area contributed by atoms with E-state index in [1.807, 2.05) is 55.5 Å². The van der Waals surface area contributed by atoms with Crippen molar-refractivity contribution in [1.29, 1.82) is 0 Å². The molecule has 0 spiro atoms. The first-order valence-electron chi connectivity index (χ1n) is 7.06. The Morgan fingerprint density at radius 2 is 1.67 bits per heavy atom. The average Bonchev–Trinajstić information content (AvgIpc) is 2.47. The summed E-state index contributed by atoms with van der Waals surface area (Å²) in [6, 6.07) is 15.1. The first-order chi connectivity index (χ1) is 9.99. The molecular weight excluding hydrogens is 280 g/mol. The summed E-state index contributed by atoms with van der Waals surface area (Å²) in [4.78, 5) is 13.0. The Kier molecular flexibility index (Phi) is 5.07. The van der Waals surface area contributed by atoms with E-state index in [1.165, 1.54) is 5.56 Å². The van der Waals surface area contributed by atoms with Crippen LogP contribution >= 0.6 is 0 Å². The maximum atomic E-state index is 12.3. The molecule has 3 heteroatoms. The molecule has 0 heterocycles. The van der Waals surface area contributed by atoms with Gasteiger partial charge in [-0.2, -0.15) is 0 Å². The highest BCUT2D eigenvalue weighted by Crippen LogP contribution is 2.17. The zero-order valence-corrected chi connectivity index (χ0v) is 13.4. The summed E-state index contributed by atoms with van der Waals surface area (Å²) in [5, 5.41) is 0. The number of hydrogen-bond donors (Lipinski definition) is 0. The van der Waals surface area contributed by atoms with Crippen LogP contribution in [0.4, 0.5) is 0 Å². The minimum atomic E-state index is -1.29. The minimum Gasteiger partial charge on any atom is -0.293 e. The van der Waals surface area contributed by atoms with Crippen molar-refractivity contribution in [3.8, 4) is 0 Å². The molecule has 0 fully saturated rings. The first-order valence-corrected chi connectivity index (χ1v) is 8.38. The van der Waals surface area contributed by atoms with Crippen molar-refractivity contribution in [2.45, 2.75) is 31.6 Å². The van der Waals surface area contributed by atoms with Crippen LogP contribution < -0.4 is 0 Å². The zero-order valence-electron chi connectivity index (χ0n) is 12.6. The van der Waals surface area contributed by atoms with Crippen LogP contribution in [0.25, 0.3) is 0 Å². The van der Waals surface area contributed by atoms with Crippen LogP contribution in [-0.2, 0) is 10.8 Å². The van der Waals surface area contributed by atoms with Gasteiger partial charge in [-0.05, 0) is 30.0 Å². The van der Waals surface area contributed by atoms with E-state index < -0.39 is 10.8 Å². The number of carbonyl (C=O) groups excluding carboxylic acids is 1. The number of Topliss-reactive ketones (excluding diaryl/α,β-unsaturated/α-hetero) is 1. The molecule has 0 aliphatic heterocycles. The molecule has 110 valence electrons. The van der Waals surface area contributed by atoms with Gasteiger partial charge in [0.05, 0.1) is 16.6 Å². The Hall–Kier alpha value is -1.74. The third-order valence-electron chi connectivity index (χ3n) is 3.50. The van der Waals surface area contributed by atoms with Gasteiger partial charge in [0.25, 0.3) is 0 Å². The highest BCUT2D eigenvalue weighted by Gasteiger charge is 2.14. The second kappa shape index (κ2) is 6.81. The molecule has 1 unspecified atom stereocenters. The fourth-order valence-electron chi connectivity index (χ4n) is 2.15. The largest absolute Gasteiger partial charge is 0.293 e. The number of ketones is 1. The van der Waals surface area contributed by atoms with Gasteiger partial charge in [0.15, 0.2) is 5.78 Å². The molecule has 2 aromatic rings. The fourth-order valence-corrected chi connectivity index (χ4v) is 3.36. The van der Waals surface area contributed by atoms with Crippen molar-refractivity contribution in [1.82, 2.24) is 0 Å². The summed E-state index contributed by atoms with van der Waals surface area (Å²) in [5.74, 6) is 0.397. The predicted molar refractivity (Wildman–Crippen MR) is 87.3 cm³/mol. The van der Waals surface area contributed by atoms with Gasteiger partial charge in [0, 0.05) is 10.5 Å². The SMILES string of the molecule is Cc1ccccc1S(=O)CC(=O)c1ccc(C(C)C)cc1. The van der Waals surface area contributed by atoms with E-state index in [-0.39, 0.29) is 11.5 Å². The lowest BCUT2D eigenvalue weighted by molar-refractivity contribution is 0.102. The smallest absolute Gasteiger partial charge is 0.175 e. The summed E-state index contributed by atoms with van der Waals surface area (Å²) in [6.07, 6.45) is 0. The van der Waals surface area contributed by atoms with E-state index in [1.54, 1.807) is 0 Å². The standard InChI is InChI=1S/C18H20O2S/c1-13(2)15-8-10-16(11-9-15)17(19)12-21(20)18-7-5-4-6-14(18)3/h4-11,13H,12H2,1-3H3. The lowest BCUT2D eigenvalue weighted by Crippen LogP contribution is -2.12. The van der Waals surface area contributed by atoms with E-state index in [4.69, 9.17) is 0 Å². The molecule has 0 aromatic heterocycles. The molecule has 0 radical (unpaired) electrons. The Morgan fingerprint density at radius 1 is 1.05 bits per heavy atom. The summed E-state index contributed by atoms with van der Waals surface area (Å²) in [6.45, 7) is 6.14. The predicted octanol–water partition coefficient (Wildman–Crippen LogP) is 4.11. The normalized spacial score (nSPS) is 12.4. The first kappa shape index (κ1) is 15.6. The summed E-state index contributed by atoms with van der Waals surface area (Å²) >= 11 is 0. The van der Waals surface area contributed by atoms with Crippen LogP contribution in [0.15, 0.2) is 53.4 Å². The van der Waals surface area contributed by atoms with Crippen molar-refractivity contribution in [3.63, 3.8) is 0 Å². The zero-order chi connectivity index (χ0) is 15.4. The maximum Gasteiger partial charge on any atom is 0.175 e. The number of aryl methyl sites for hydroxylation is 1. The molecular formula is C18H20O2S. The van der Waals surface area contributed by atoms with E-state index in [0.29, 0.717) is 11.5 Å². The Balaban J connectivity index is 2.11. The number of hydrogen-bond acceptors (Lipinski definition) is 2. The summed E-state index contributed by atoms with van der Waals surface area (Å²) in [7, 11) is -1.29. The van der Waals surface area contributed by atoms with E-state index >= 15 is 0 Å². The van der Waals surface area contributed by atoms with Gasteiger partial charge in [0.1, 0.15) is 0 Å².